The predicted molar refractivity (Wildman–Crippen MR) is 75.2 cm³/mol. The van der Waals surface area contributed by atoms with Gasteiger partial charge in [0, 0.05) is 5.92 Å². The third kappa shape index (κ3) is 1.07. The third-order valence-corrected chi connectivity index (χ3v) is 9.21. The summed E-state index contributed by atoms with van der Waals surface area (Å²) in [6, 6.07) is 0. The van der Waals surface area contributed by atoms with Crippen molar-refractivity contribution in [1.82, 2.24) is 0 Å². The fourth-order valence-electron chi connectivity index (χ4n) is 4.02. The first-order valence-electron chi connectivity index (χ1n) is 5.75. The number of epoxide rings is 1. The van der Waals surface area contributed by atoms with Crippen molar-refractivity contribution in [2.45, 2.75) is 39.1 Å². The van der Waals surface area contributed by atoms with E-state index < -0.39 is 14.1 Å². The maximum Gasteiger partial charge on any atom is 0.166 e. The summed E-state index contributed by atoms with van der Waals surface area (Å²) in [5.41, 5.74) is 0. The molecule has 2 bridgehead atoms. The van der Waals surface area contributed by atoms with E-state index >= 15 is 0 Å². The molecule has 7 heteroatoms. The van der Waals surface area contributed by atoms with Crippen LogP contribution in [-0.2, 0) is 4.74 Å². The van der Waals surface area contributed by atoms with Crippen LogP contribution in [0.4, 0.5) is 0 Å². The number of alkyl halides is 4. The average molecular weight is 369 g/mol. The van der Waals surface area contributed by atoms with E-state index in [-0.39, 0.29) is 29.1 Å². The van der Waals surface area contributed by atoms with Crippen molar-refractivity contribution < 1.29 is 4.74 Å². The van der Waals surface area contributed by atoms with Crippen molar-refractivity contribution in [3.8, 4) is 0 Å². The van der Waals surface area contributed by atoms with Crippen molar-refractivity contribution >= 4 is 69.6 Å². The SMILES string of the molecule is ClC1=C(Cl)C2(Cl)C3C4OC4CCC3C1(Cl)C2(Cl)Cl. The minimum absolute atomic E-state index is 0.00502. The highest BCUT2D eigenvalue weighted by Gasteiger charge is 2.85. The summed E-state index contributed by atoms with van der Waals surface area (Å²) in [6.45, 7) is 0. The van der Waals surface area contributed by atoms with Gasteiger partial charge in [0.05, 0.1) is 22.3 Å². The lowest BCUT2D eigenvalue weighted by molar-refractivity contribution is 0.240. The Morgan fingerprint density at radius 1 is 0.944 bits per heavy atom. The van der Waals surface area contributed by atoms with Crippen LogP contribution in [0.1, 0.15) is 12.8 Å². The molecule has 4 aliphatic rings. The number of halogens is 6. The second kappa shape index (κ2) is 3.43. The second-order valence-electron chi connectivity index (χ2n) is 5.47. The molecule has 0 aromatic heterocycles. The molecule has 1 nitrogen and oxygen atoms in total. The third-order valence-electron chi connectivity index (χ3n) is 4.89. The maximum absolute atomic E-state index is 6.72. The summed E-state index contributed by atoms with van der Waals surface area (Å²) in [5.74, 6) is -0.0640. The lowest BCUT2D eigenvalue weighted by atomic mass is 9.72. The molecule has 18 heavy (non-hydrogen) atoms. The van der Waals surface area contributed by atoms with Crippen LogP contribution in [0.2, 0.25) is 0 Å². The standard InChI is InChI=1S/C11H8Cl6O/c12-7-8(13)10(15)5-3(1-2-4-6(5)18-4)9(7,14)11(10,16)17/h3-6H,1-2H2. The van der Waals surface area contributed by atoms with E-state index in [1.165, 1.54) is 0 Å². The largest absolute Gasteiger partial charge is 0.369 e. The molecule has 2 saturated carbocycles. The van der Waals surface area contributed by atoms with Gasteiger partial charge in [-0.3, -0.25) is 0 Å². The van der Waals surface area contributed by atoms with E-state index in [0.29, 0.717) is 5.03 Å². The van der Waals surface area contributed by atoms with Crippen molar-refractivity contribution in [1.29, 1.82) is 0 Å². The van der Waals surface area contributed by atoms with Crippen molar-refractivity contribution in [3.05, 3.63) is 10.1 Å². The highest BCUT2D eigenvalue weighted by atomic mass is 35.5. The highest BCUT2D eigenvalue weighted by Crippen LogP contribution is 2.79. The Morgan fingerprint density at radius 2 is 1.56 bits per heavy atom. The van der Waals surface area contributed by atoms with Crippen LogP contribution in [0, 0.1) is 11.8 Å². The summed E-state index contributed by atoms with van der Waals surface area (Å²) in [7, 11) is 0. The summed E-state index contributed by atoms with van der Waals surface area (Å²) >= 11 is 39.0. The van der Waals surface area contributed by atoms with Gasteiger partial charge < -0.3 is 4.74 Å². The Kier molecular flexibility index (Phi) is 2.50. The summed E-state index contributed by atoms with van der Waals surface area (Å²) in [5, 5.41) is 0.578. The maximum atomic E-state index is 6.72. The number of hydrogen-bond donors (Lipinski definition) is 0. The molecule has 0 radical (unpaired) electrons. The van der Waals surface area contributed by atoms with Crippen LogP contribution in [-0.4, -0.2) is 26.3 Å². The minimum atomic E-state index is -1.41. The van der Waals surface area contributed by atoms with Crippen molar-refractivity contribution in [3.63, 3.8) is 0 Å². The molecule has 3 fully saturated rings. The molecular weight excluding hydrogens is 361 g/mol. The molecule has 0 spiro atoms. The van der Waals surface area contributed by atoms with Gasteiger partial charge in [0.1, 0.15) is 9.75 Å². The summed E-state index contributed by atoms with van der Waals surface area (Å²) in [6.07, 6.45) is 2.09. The minimum Gasteiger partial charge on any atom is -0.369 e. The number of ether oxygens (including phenoxy) is 1. The first kappa shape index (κ1) is 13.1. The molecule has 1 saturated heterocycles. The lowest BCUT2D eigenvalue weighted by Crippen LogP contribution is -2.45. The predicted octanol–water partition coefficient (Wildman–Crippen LogP) is 4.63. The van der Waals surface area contributed by atoms with E-state index in [1.807, 2.05) is 0 Å². The molecule has 1 aliphatic heterocycles. The Bertz CT molecular complexity index is 490. The van der Waals surface area contributed by atoms with E-state index in [4.69, 9.17) is 74.3 Å². The van der Waals surface area contributed by atoms with E-state index in [2.05, 4.69) is 0 Å². The van der Waals surface area contributed by atoms with E-state index in [1.54, 1.807) is 0 Å². The monoisotopic (exact) mass is 366 g/mol. The Hall–Kier alpha value is 1.44. The first-order chi connectivity index (χ1) is 8.28. The first-order valence-corrected chi connectivity index (χ1v) is 8.02. The van der Waals surface area contributed by atoms with Gasteiger partial charge in [-0.15, -0.1) is 23.2 Å². The zero-order valence-corrected chi connectivity index (χ0v) is 13.4. The quantitative estimate of drug-likeness (QED) is 0.448. The molecule has 4 rings (SSSR count). The topological polar surface area (TPSA) is 12.5 Å². The van der Waals surface area contributed by atoms with Crippen LogP contribution in [0.3, 0.4) is 0 Å². The van der Waals surface area contributed by atoms with Gasteiger partial charge in [-0.05, 0) is 18.8 Å². The van der Waals surface area contributed by atoms with Crippen LogP contribution < -0.4 is 0 Å². The van der Waals surface area contributed by atoms with Gasteiger partial charge in [-0.25, -0.2) is 0 Å². The van der Waals surface area contributed by atoms with Gasteiger partial charge in [0.25, 0.3) is 0 Å². The molecule has 0 amide bonds. The van der Waals surface area contributed by atoms with Gasteiger partial charge >= 0.3 is 0 Å². The van der Waals surface area contributed by atoms with E-state index in [0.717, 1.165) is 12.8 Å². The van der Waals surface area contributed by atoms with E-state index in [9.17, 15) is 0 Å². The van der Waals surface area contributed by atoms with Gasteiger partial charge in [-0.1, -0.05) is 46.4 Å². The Balaban J connectivity index is 1.98. The molecule has 0 aromatic rings. The fourth-order valence-corrected chi connectivity index (χ4v) is 7.12. The lowest BCUT2D eigenvalue weighted by Gasteiger charge is -2.38. The summed E-state index contributed by atoms with van der Waals surface area (Å²) < 4.78 is 4.24. The molecule has 3 aliphatic carbocycles. The Morgan fingerprint density at radius 3 is 2.22 bits per heavy atom. The normalized spacial score (nSPS) is 59.7. The van der Waals surface area contributed by atoms with Gasteiger partial charge in [0.2, 0.25) is 0 Å². The second-order valence-corrected chi connectivity index (χ2v) is 8.75. The molecular formula is C11H8Cl6O. The number of allylic oxidation sites excluding steroid dienone is 2. The molecule has 100 valence electrons. The van der Waals surface area contributed by atoms with Crippen LogP contribution in [0.15, 0.2) is 10.1 Å². The van der Waals surface area contributed by atoms with Crippen LogP contribution >= 0.6 is 69.6 Å². The van der Waals surface area contributed by atoms with Crippen LogP contribution in [0.5, 0.6) is 0 Å². The smallest absolute Gasteiger partial charge is 0.166 e. The molecule has 6 unspecified atom stereocenters. The zero-order valence-electron chi connectivity index (χ0n) is 8.90. The van der Waals surface area contributed by atoms with Gasteiger partial charge in [0.15, 0.2) is 4.33 Å². The molecule has 1 heterocycles. The number of fused-ring (bicyclic) bond motifs is 7. The zero-order chi connectivity index (χ0) is 13.1. The number of hydrogen-bond acceptors (Lipinski definition) is 1. The van der Waals surface area contributed by atoms with Gasteiger partial charge in [-0.2, -0.15) is 0 Å². The Labute approximate surface area is 135 Å². The summed E-state index contributed by atoms with van der Waals surface area (Å²) in [4.78, 5) is -2.24. The fraction of sp³-hybridized carbons (Fsp3) is 0.818. The molecule has 0 aromatic carbocycles. The molecule has 6 atom stereocenters. The van der Waals surface area contributed by atoms with Crippen molar-refractivity contribution in [2.24, 2.45) is 11.8 Å². The average Bonchev–Trinajstić information content (AvgIpc) is 3.06. The highest BCUT2D eigenvalue weighted by molar-refractivity contribution is 6.65. The number of rotatable bonds is 0. The van der Waals surface area contributed by atoms with Crippen LogP contribution in [0.25, 0.3) is 0 Å². The molecule has 0 N–H and O–H groups in total. The van der Waals surface area contributed by atoms with Crippen molar-refractivity contribution in [2.75, 3.05) is 0 Å².